The standard InChI is InChI=1S/C8H13F2NO/c1-3-11-5-8(9,10)4-7(11)6(2)12/h7H,3-5H2,1-2H3. The Morgan fingerprint density at radius 3 is 2.58 bits per heavy atom. The molecule has 0 aromatic carbocycles. The summed E-state index contributed by atoms with van der Waals surface area (Å²) >= 11 is 0. The number of likely N-dealkylation sites (N-methyl/N-ethyl adjacent to an activating group) is 1. The Balaban J connectivity index is 2.69. The lowest BCUT2D eigenvalue weighted by Gasteiger charge is -2.18. The summed E-state index contributed by atoms with van der Waals surface area (Å²) in [5, 5.41) is 0. The first-order valence-electron chi connectivity index (χ1n) is 4.08. The normalized spacial score (nSPS) is 29.2. The molecule has 0 saturated carbocycles. The van der Waals surface area contributed by atoms with E-state index in [2.05, 4.69) is 0 Å². The third-order valence-corrected chi connectivity index (χ3v) is 2.24. The second-order valence-electron chi connectivity index (χ2n) is 3.25. The predicted octanol–water partition coefficient (Wildman–Crippen LogP) is 1.30. The van der Waals surface area contributed by atoms with Gasteiger partial charge in [-0.3, -0.25) is 9.69 Å². The molecule has 1 unspecified atom stereocenters. The van der Waals surface area contributed by atoms with Gasteiger partial charge in [-0.2, -0.15) is 0 Å². The number of hydrogen-bond donors (Lipinski definition) is 0. The Kier molecular flexibility index (Phi) is 2.46. The van der Waals surface area contributed by atoms with Crippen LogP contribution in [0.1, 0.15) is 20.3 Å². The van der Waals surface area contributed by atoms with Crippen molar-refractivity contribution in [3.05, 3.63) is 0 Å². The zero-order valence-electron chi connectivity index (χ0n) is 7.31. The Bertz CT molecular complexity index is 193. The summed E-state index contributed by atoms with van der Waals surface area (Å²) in [6.07, 6.45) is -0.309. The van der Waals surface area contributed by atoms with Gasteiger partial charge in [0.15, 0.2) is 0 Å². The van der Waals surface area contributed by atoms with Crippen LogP contribution in [-0.2, 0) is 4.79 Å². The van der Waals surface area contributed by atoms with Crippen molar-refractivity contribution in [3.8, 4) is 0 Å². The molecule has 0 radical (unpaired) electrons. The first-order chi connectivity index (χ1) is 5.46. The van der Waals surface area contributed by atoms with Crippen molar-refractivity contribution in [2.75, 3.05) is 13.1 Å². The summed E-state index contributed by atoms with van der Waals surface area (Å²) in [6.45, 7) is 3.40. The van der Waals surface area contributed by atoms with Crippen molar-refractivity contribution in [3.63, 3.8) is 0 Å². The number of hydrogen-bond acceptors (Lipinski definition) is 2. The van der Waals surface area contributed by atoms with E-state index in [4.69, 9.17) is 0 Å². The van der Waals surface area contributed by atoms with Crippen LogP contribution in [-0.4, -0.2) is 35.7 Å². The molecule has 0 spiro atoms. The van der Waals surface area contributed by atoms with E-state index in [0.29, 0.717) is 6.54 Å². The summed E-state index contributed by atoms with van der Waals surface area (Å²) in [4.78, 5) is 12.5. The smallest absolute Gasteiger partial charge is 0.262 e. The highest BCUT2D eigenvalue weighted by Gasteiger charge is 2.45. The van der Waals surface area contributed by atoms with Gasteiger partial charge in [0.05, 0.1) is 12.6 Å². The summed E-state index contributed by atoms with van der Waals surface area (Å²) in [7, 11) is 0. The summed E-state index contributed by atoms with van der Waals surface area (Å²) in [5.74, 6) is -2.83. The Labute approximate surface area is 70.5 Å². The lowest BCUT2D eigenvalue weighted by atomic mass is 10.1. The molecule has 0 bridgehead atoms. The SMILES string of the molecule is CCN1CC(F)(F)CC1C(C)=O. The highest BCUT2D eigenvalue weighted by Crippen LogP contribution is 2.31. The van der Waals surface area contributed by atoms with E-state index in [0.717, 1.165) is 0 Å². The highest BCUT2D eigenvalue weighted by atomic mass is 19.3. The van der Waals surface area contributed by atoms with Gasteiger partial charge in [0.1, 0.15) is 5.78 Å². The quantitative estimate of drug-likeness (QED) is 0.633. The van der Waals surface area contributed by atoms with Crippen molar-refractivity contribution in [2.45, 2.75) is 32.2 Å². The fourth-order valence-electron chi connectivity index (χ4n) is 1.62. The fourth-order valence-corrected chi connectivity index (χ4v) is 1.62. The first-order valence-corrected chi connectivity index (χ1v) is 4.08. The number of halogens is 2. The zero-order valence-corrected chi connectivity index (χ0v) is 7.31. The van der Waals surface area contributed by atoms with Crippen LogP contribution in [0.4, 0.5) is 8.78 Å². The van der Waals surface area contributed by atoms with Gasteiger partial charge >= 0.3 is 0 Å². The minimum Gasteiger partial charge on any atom is -0.298 e. The van der Waals surface area contributed by atoms with Crippen molar-refractivity contribution >= 4 is 5.78 Å². The molecule has 0 N–H and O–H groups in total. The van der Waals surface area contributed by atoms with Crippen molar-refractivity contribution in [1.82, 2.24) is 4.90 Å². The number of Topliss-reactive ketones (excluding diaryl/α,β-unsaturated/α-hetero) is 1. The molecule has 1 aliphatic heterocycles. The molecule has 1 fully saturated rings. The van der Waals surface area contributed by atoms with Crippen LogP contribution < -0.4 is 0 Å². The molecule has 12 heavy (non-hydrogen) atoms. The number of rotatable bonds is 2. The zero-order chi connectivity index (χ0) is 9.35. The van der Waals surface area contributed by atoms with E-state index < -0.39 is 12.0 Å². The number of ketones is 1. The molecule has 1 atom stereocenters. The molecular formula is C8H13F2NO. The molecule has 0 aliphatic carbocycles. The molecule has 0 aromatic rings. The average molecular weight is 177 g/mol. The first kappa shape index (κ1) is 9.58. The van der Waals surface area contributed by atoms with Crippen LogP contribution in [0.5, 0.6) is 0 Å². The van der Waals surface area contributed by atoms with Crippen molar-refractivity contribution < 1.29 is 13.6 Å². The molecule has 4 heteroatoms. The van der Waals surface area contributed by atoms with Gasteiger partial charge in [-0.1, -0.05) is 6.92 Å². The average Bonchev–Trinajstić information content (AvgIpc) is 2.25. The maximum Gasteiger partial charge on any atom is 0.262 e. The Morgan fingerprint density at radius 2 is 2.25 bits per heavy atom. The molecular weight excluding hydrogens is 164 g/mol. The minimum atomic E-state index is -2.67. The predicted molar refractivity (Wildman–Crippen MR) is 41.3 cm³/mol. The third kappa shape index (κ3) is 1.80. The molecule has 1 rings (SSSR count). The van der Waals surface area contributed by atoms with Crippen LogP contribution in [0.15, 0.2) is 0 Å². The van der Waals surface area contributed by atoms with Gasteiger partial charge < -0.3 is 0 Å². The summed E-state index contributed by atoms with van der Waals surface area (Å²) in [6, 6.07) is -0.565. The topological polar surface area (TPSA) is 20.3 Å². The van der Waals surface area contributed by atoms with E-state index in [9.17, 15) is 13.6 Å². The second kappa shape index (κ2) is 3.09. The van der Waals surface area contributed by atoms with Gasteiger partial charge in [-0.15, -0.1) is 0 Å². The van der Waals surface area contributed by atoms with Gasteiger partial charge in [0, 0.05) is 6.42 Å². The van der Waals surface area contributed by atoms with Crippen molar-refractivity contribution in [1.29, 1.82) is 0 Å². The number of nitrogens with zero attached hydrogens (tertiary/aromatic N) is 1. The third-order valence-electron chi connectivity index (χ3n) is 2.24. The summed E-state index contributed by atoms with van der Waals surface area (Å²) in [5.41, 5.74) is 0. The van der Waals surface area contributed by atoms with E-state index in [1.807, 2.05) is 0 Å². The van der Waals surface area contributed by atoms with E-state index in [1.165, 1.54) is 11.8 Å². The monoisotopic (exact) mass is 177 g/mol. The lowest BCUT2D eigenvalue weighted by molar-refractivity contribution is -0.121. The molecule has 1 saturated heterocycles. The van der Waals surface area contributed by atoms with Crippen LogP contribution in [0.3, 0.4) is 0 Å². The second-order valence-corrected chi connectivity index (χ2v) is 3.25. The van der Waals surface area contributed by atoms with E-state index >= 15 is 0 Å². The van der Waals surface area contributed by atoms with Crippen LogP contribution in [0.2, 0.25) is 0 Å². The van der Waals surface area contributed by atoms with Crippen molar-refractivity contribution in [2.24, 2.45) is 0 Å². The number of alkyl halides is 2. The van der Waals surface area contributed by atoms with Gasteiger partial charge in [0.2, 0.25) is 0 Å². The molecule has 1 heterocycles. The maximum atomic E-state index is 12.8. The number of likely N-dealkylation sites (tertiary alicyclic amines) is 1. The maximum absolute atomic E-state index is 12.8. The van der Waals surface area contributed by atoms with E-state index in [1.54, 1.807) is 6.92 Å². The largest absolute Gasteiger partial charge is 0.298 e. The van der Waals surface area contributed by atoms with E-state index in [-0.39, 0.29) is 18.7 Å². The highest BCUT2D eigenvalue weighted by molar-refractivity contribution is 5.81. The minimum absolute atomic E-state index is 0.158. The molecule has 70 valence electrons. The van der Waals surface area contributed by atoms with Gasteiger partial charge in [-0.25, -0.2) is 8.78 Å². The number of carbonyl (C=O) groups is 1. The molecule has 0 aromatic heterocycles. The summed E-state index contributed by atoms with van der Waals surface area (Å²) < 4.78 is 25.6. The number of carbonyl (C=O) groups excluding carboxylic acids is 1. The Morgan fingerprint density at radius 1 is 1.67 bits per heavy atom. The molecule has 0 amide bonds. The van der Waals surface area contributed by atoms with Crippen LogP contribution in [0, 0.1) is 0 Å². The Hall–Kier alpha value is -0.510. The van der Waals surface area contributed by atoms with Gasteiger partial charge in [0.25, 0.3) is 5.92 Å². The van der Waals surface area contributed by atoms with Crippen LogP contribution >= 0.6 is 0 Å². The van der Waals surface area contributed by atoms with Crippen LogP contribution in [0.25, 0.3) is 0 Å². The lowest BCUT2D eigenvalue weighted by Crippen LogP contribution is -2.34. The molecule has 1 aliphatic rings. The fraction of sp³-hybridized carbons (Fsp3) is 0.875. The van der Waals surface area contributed by atoms with Gasteiger partial charge in [-0.05, 0) is 13.5 Å². The molecule has 2 nitrogen and oxygen atoms in total.